The van der Waals surface area contributed by atoms with Gasteiger partial charge in [0.2, 0.25) is 0 Å². The number of nitrogens with zero attached hydrogens (tertiary/aromatic N) is 2. The van der Waals surface area contributed by atoms with Crippen LogP contribution in [-0.2, 0) is 6.54 Å². The molecular weight excluding hydrogens is 232 g/mol. The predicted molar refractivity (Wildman–Crippen MR) is 67.6 cm³/mol. The number of aromatic carboxylic acids is 1. The van der Waals surface area contributed by atoms with Crippen molar-refractivity contribution in [1.82, 2.24) is 9.55 Å². The number of hydrogen-bond donors (Lipinski definition) is 2. The summed E-state index contributed by atoms with van der Waals surface area (Å²) in [6.07, 6.45) is 0.253. The van der Waals surface area contributed by atoms with E-state index < -0.39 is 12.1 Å². The van der Waals surface area contributed by atoms with Crippen molar-refractivity contribution >= 4 is 17.0 Å². The summed E-state index contributed by atoms with van der Waals surface area (Å²) in [6.45, 7) is 4.46. The molecule has 0 saturated carbocycles. The minimum Gasteiger partial charge on any atom is -0.478 e. The smallest absolute Gasteiger partial charge is 0.335 e. The Hall–Kier alpha value is -1.88. The minimum atomic E-state index is -0.972. The Morgan fingerprint density at radius 1 is 1.50 bits per heavy atom. The van der Waals surface area contributed by atoms with E-state index in [4.69, 9.17) is 5.11 Å². The number of carboxylic acids is 1. The molecule has 2 aromatic rings. The molecule has 0 aliphatic rings. The molecule has 96 valence electrons. The normalized spacial score (nSPS) is 12.8. The molecule has 2 N–H and O–H groups in total. The van der Waals surface area contributed by atoms with E-state index in [-0.39, 0.29) is 5.56 Å². The lowest BCUT2D eigenvalue weighted by Gasteiger charge is -2.09. The maximum absolute atomic E-state index is 10.9. The highest BCUT2D eigenvalue weighted by Gasteiger charge is 2.15. The number of carboxylic acid groups (broad SMARTS) is 1. The second-order valence-corrected chi connectivity index (χ2v) is 4.31. The van der Waals surface area contributed by atoms with E-state index in [0.29, 0.717) is 11.3 Å². The summed E-state index contributed by atoms with van der Waals surface area (Å²) in [5.41, 5.74) is 1.68. The highest BCUT2D eigenvalue weighted by Crippen LogP contribution is 2.22. The van der Waals surface area contributed by atoms with Crippen molar-refractivity contribution in [2.24, 2.45) is 0 Å². The Kier molecular flexibility index (Phi) is 3.34. The molecule has 1 atom stereocenters. The van der Waals surface area contributed by atoms with E-state index in [2.05, 4.69) is 4.98 Å². The van der Waals surface area contributed by atoms with Crippen molar-refractivity contribution in [2.75, 3.05) is 0 Å². The van der Waals surface area contributed by atoms with Crippen LogP contribution in [0.1, 0.15) is 42.6 Å². The number of hydrogen-bond acceptors (Lipinski definition) is 3. The number of carbonyl (C=O) groups is 1. The van der Waals surface area contributed by atoms with Crippen LogP contribution in [0.2, 0.25) is 0 Å². The number of aromatic nitrogens is 2. The van der Waals surface area contributed by atoms with Crippen LogP contribution in [0, 0.1) is 0 Å². The monoisotopic (exact) mass is 248 g/mol. The van der Waals surface area contributed by atoms with Gasteiger partial charge in [-0.15, -0.1) is 0 Å². The van der Waals surface area contributed by atoms with Gasteiger partial charge in [-0.2, -0.15) is 0 Å². The number of imidazole rings is 1. The van der Waals surface area contributed by atoms with Gasteiger partial charge in [0, 0.05) is 6.54 Å². The fraction of sp³-hybridized carbons (Fsp3) is 0.385. The fourth-order valence-corrected chi connectivity index (χ4v) is 2.06. The molecule has 1 aromatic heterocycles. The molecule has 1 aromatic carbocycles. The lowest BCUT2D eigenvalue weighted by molar-refractivity contribution is 0.0697. The summed E-state index contributed by atoms with van der Waals surface area (Å²) in [5.74, 6) is -0.394. The highest BCUT2D eigenvalue weighted by atomic mass is 16.4. The average Bonchev–Trinajstić information content (AvgIpc) is 2.68. The van der Waals surface area contributed by atoms with E-state index in [1.165, 1.54) is 6.07 Å². The summed E-state index contributed by atoms with van der Waals surface area (Å²) in [7, 11) is 0. The van der Waals surface area contributed by atoms with Crippen LogP contribution in [0.25, 0.3) is 11.0 Å². The summed E-state index contributed by atoms with van der Waals surface area (Å²) in [6, 6.07) is 4.84. The topological polar surface area (TPSA) is 75.3 Å². The van der Waals surface area contributed by atoms with Gasteiger partial charge < -0.3 is 14.8 Å². The summed E-state index contributed by atoms with van der Waals surface area (Å²) >= 11 is 0. The Morgan fingerprint density at radius 3 is 2.78 bits per heavy atom. The fourth-order valence-electron chi connectivity index (χ4n) is 2.06. The van der Waals surface area contributed by atoms with Crippen molar-refractivity contribution in [3.63, 3.8) is 0 Å². The van der Waals surface area contributed by atoms with Gasteiger partial charge in [-0.1, -0.05) is 6.92 Å². The Morgan fingerprint density at radius 2 is 2.22 bits per heavy atom. The first-order valence-electron chi connectivity index (χ1n) is 5.96. The van der Waals surface area contributed by atoms with Crippen molar-refractivity contribution in [3.8, 4) is 0 Å². The molecular formula is C13H16N2O3. The third kappa shape index (κ3) is 2.09. The van der Waals surface area contributed by atoms with Crippen LogP contribution < -0.4 is 0 Å². The largest absolute Gasteiger partial charge is 0.478 e. The van der Waals surface area contributed by atoms with Crippen molar-refractivity contribution < 1.29 is 15.0 Å². The number of benzene rings is 1. The van der Waals surface area contributed by atoms with Gasteiger partial charge in [-0.3, -0.25) is 0 Å². The van der Waals surface area contributed by atoms with Crippen LogP contribution in [0.15, 0.2) is 18.2 Å². The SMILES string of the molecule is CCCn1c(C(C)O)nc2cc(C(=O)O)ccc21. The van der Waals surface area contributed by atoms with E-state index in [0.717, 1.165) is 18.5 Å². The quantitative estimate of drug-likeness (QED) is 0.869. The Balaban J connectivity index is 2.64. The minimum absolute atomic E-state index is 0.209. The second kappa shape index (κ2) is 4.78. The number of aryl methyl sites for hydroxylation is 1. The van der Waals surface area contributed by atoms with Crippen LogP contribution >= 0.6 is 0 Å². The number of rotatable bonds is 4. The molecule has 1 unspecified atom stereocenters. The van der Waals surface area contributed by atoms with Gasteiger partial charge in [0.15, 0.2) is 0 Å². The van der Waals surface area contributed by atoms with Crippen LogP contribution in [0.4, 0.5) is 0 Å². The predicted octanol–water partition coefficient (Wildman–Crippen LogP) is 2.20. The van der Waals surface area contributed by atoms with Crippen LogP contribution in [-0.4, -0.2) is 25.7 Å². The molecule has 0 aliphatic carbocycles. The first-order valence-corrected chi connectivity index (χ1v) is 5.96. The van der Waals surface area contributed by atoms with Gasteiger partial charge >= 0.3 is 5.97 Å². The van der Waals surface area contributed by atoms with Crippen LogP contribution in [0.3, 0.4) is 0 Å². The molecule has 18 heavy (non-hydrogen) atoms. The van der Waals surface area contributed by atoms with Gasteiger partial charge in [-0.25, -0.2) is 9.78 Å². The third-order valence-corrected chi connectivity index (χ3v) is 2.85. The standard InChI is InChI=1S/C13H16N2O3/c1-3-6-15-11-5-4-9(13(17)18)7-10(11)14-12(15)8(2)16/h4-5,7-8,16H,3,6H2,1-2H3,(H,17,18). The van der Waals surface area contributed by atoms with Crippen LogP contribution in [0.5, 0.6) is 0 Å². The highest BCUT2D eigenvalue weighted by molar-refractivity contribution is 5.92. The van der Waals surface area contributed by atoms with Crippen molar-refractivity contribution in [2.45, 2.75) is 32.9 Å². The zero-order valence-corrected chi connectivity index (χ0v) is 10.4. The summed E-state index contributed by atoms with van der Waals surface area (Å²) < 4.78 is 1.94. The number of aliphatic hydroxyl groups excluding tert-OH is 1. The lowest BCUT2D eigenvalue weighted by atomic mass is 10.2. The van der Waals surface area contributed by atoms with E-state index in [1.54, 1.807) is 19.1 Å². The second-order valence-electron chi connectivity index (χ2n) is 4.31. The Labute approximate surface area is 105 Å². The average molecular weight is 248 g/mol. The molecule has 0 bridgehead atoms. The number of aliphatic hydroxyl groups is 1. The van der Waals surface area contributed by atoms with Gasteiger partial charge in [0.1, 0.15) is 11.9 Å². The molecule has 0 saturated heterocycles. The summed E-state index contributed by atoms with van der Waals surface area (Å²) in [4.78, 5) is 15.2. The van der Waals surface area contributed by atoms with E-state index in [9.17, 15) is 9.90 Å². The molecule has 5 nitrogen and oxygen atoms in total. The third-order valence-electron chi connectivity index (χ3n) is 2.85. The maximum atomic E-state index is 10.9. The van der Waals surface area contributed by atoms with Crippen molar-refractivity contribution in [1.29, 1.82) is 0 Å². The maximum Gasteiger partial charge on any atom is 0.335 e. The van der Waals surface area contributed by atoms with Gasteiger partial charge in [-0.05, 0) is 31.5 Å². The zero-order valence-electron chi connectivity index (χ0n) is 10.4. The van der Waals surface area contributed by atoms with Gasteiger partial charge in [0.25, 0.3) is 0 Å². The molecule has 0 aliphatic heterocycles. The first-order chi connectivity index (χ1) is 8.54. The molecule has 0 fully saturated rings. The number of fused-ring (bicyclic) bond motifs is 1. The van der Waals surface area contributed by atoms with E-state index in [1.807, 2.05) is 11.5 Å². The molecule has 0 spiro atoms. The first kappa shape index (κ1) is 12.6. The molecule has 2 rings (SSSR count). The van der Waals surface area contributed by atoms with E-state index >= 15 is 0 Å². The lowest BCUT2D eigenvalue weighted by Crippen LogP contribution is -2.06. The van der Waals surface area contributed by atoms with Gasteiger partial charge in [0.05, 0.1) is 16.6 Å². The summed E-state index contributed by atoms with van der Waals surface area (Å²) in [5, 5.41) is 18.7. The molecule has 0 amide bonds. The Bertz CT molecular complexity index is 587. The molecule has 1 heterocycles. The van der Waals surface area contributed by atoms with Crippen molar-refractivity contribution in [3.05, 3.63) is 29.6 Å². The molecule has 0 radical (unpaired) electrons. The molecule has 5 heteroatoms. The zero-order chi connectivity index (χ0) is 13.3.